The minimum absolute atomic E-state index is 0.00666. The molecule has 0 aliphatic heterocycles. The molecule has 0 amide bonds. The van der Waals surface area contributed by atoms with E-state index in [1.165, 1.54) is 29.8 Å². The Labute approximate surface area is 361 Å². The van der Waals surface area contributed by atoms with Crippen LogP contribution in [0.5, 0.6) is 11.5 Å². The summed E-state index contributed by atoms with van der Waals surface area (Å²) in [5.41, 5.74) is 5.77. The number of thioether (sulfide) groups is 1. The van der Waals surface area contributed by atoms with Crippen molar-refractivity contribution in [1.29, 1.82) is 0 Å². The first-order valence-corrected chi connectivity index (χ1v) is 24.1. The van der Waals surface area contributed by atoms with Gasteiger partial charge in [-0.25, -0.2) is 4.79 Å². The van der Waals surface area contributed by atoms with E-state index >= 15 is 0 Å². The van der Waals surface area contributed by atoms with E-state index in [9.17, 15) is 26.7 Å². The Balaban J connectivity index is 0.000000510. The molecule has 1 aliphatic carbocycles. The molecule has 3 aromatic rings. The molecule has 334 valence electrons. The highest BCUT2D eigenvalue weighted by molar-refractivity contribution is 8.13. The van der Waals surface area contributed by atoms with Gasteiger partial charge in [0.2, 0.25) is 0 Å². The van der Waals surface area contributed by atoms with Gasteiger partial charge in [0.25, 0.3) is 20.2 Å². The van der Waals surface area contributed by atoms with E-state index in [-0.39, 0.29) is 60.4 Å². The number of aliphatic hydroxyl groups is 3. The first kappa shape index (κ1) is 52.6. The van der Waals surface area contributed by atoms with Gasteiger partial charge in [0.05, 0.1) is 23.0 Å². The van der Waals surface area contributed by atoms with Crippen LogP contribution in [0.25, 0.3) is 0 Å². The number of hydrogen-bond donors (Lipinski definition) is 4. The summed E-state index contributed by atoms with van der Waals surface area (Å²) in [5, 5.41) is 35.0. The summed E-state index contributed by atoms with van der Waals surface area (Å²) in [6.45, 7) is 14.3. The van der Waals surface area contributed by atoms with Crippen molar-refractivity contribution in [3.63, 3.8) is 0 Å². The summed E-state index contributed by atoms with van der Waals surface area (Å²) in [4.78, 5) is 13.1. The summed E-state index contributed by atoms with van der Waals surface area (Å²) in [6.07, 6.45) is 9.15. The maximum atomic E-state index is 12.9. The minimum Gasteiger partial charge on any atom is -0.507 e. The SMILES string of the molecule is C=C(C)[C@@H]1CCC(C)=C[C@H]1c1c(O)cc(CCCCC)cc1OC(=O)SCCCOS(=O)(=O)c1ccc(C)cc1.Cc1ccc(S(=O)(=O)OCCCO)cc1.OCCCO. The van der Waals surface area contributed by atoms with Crippen LogP contribution < -0.4 is 4.74 Å². The zero-order valence-corrected chi connectivity index (χ0v) is 38.0. The lowest BCUT2D eigenvalue weighted by Crippen LogP contribution is -2.18. The number of carbonyl (C=O) groups is 1. The molecule has 4 N–H and O–H groups in total. The third kappa shape index (κ3) is 18.6. The highest BCUT2D eigenvalue weighted by atomic mass is 32.2. The number of aromatic hydroxyl groups is 1. The van der Waals surface area contributed by atoms with Gasteiger partial charge >= 0.3 is 5.30 Å². The summed E-state index contributed by atoms with van der Waals surface area (Å²) >= 11 is 0.965. The molecule has 4 rings (SSSR count). The van der Waals surface area contributed by atoms with Crippen molar-refractivity contribution in [3.8, 4) is 11.5 Å². The fourth-order valence-electron chi connectivity index (χ4n) is 6.07. The highest BCUT2D eigenvalue weighted by Crippen LogP contribution is 2.47. The number of phenolic OH excluding ortho intramolecular Hbond substituents is 1. The van der Waals surface area contributed by atoms with E-state index in [2.05, 4.69) is 26.5 Å². The number of ether oxygens (including phenoxy) is 1. The van der Waals surface area contributed by atoms with Crippen molar-refractivity contribution in [2.45, 2.75) is 108 Å². The Bertz CT molecular complexity index is 2010. The molecule has 0 heterocycles. The van der Waals surface area contributed by atoms with Crippen LogP contribution >= 0.6 is 11.8 Å². The second-order valence-corrected chi connectivity index (χ2v) is 18.9. The second kappa shape index (κ2) is 27.4. The average molecular weight is 893 g/mol. The van der Waals surface area contributed by atoms with Gasteiger partial charge in [0, 0.05) is 37.1 Å². The molecule has 0 aromatic heterocycles. The van der Waals surface area contributed by atoms with Gasteiger partial charge in [-0.15, -0.1) is 0 Å². The lowest BCUT2D eigenvalue weighted by Gasteiger charge is -2.32. The third-order valence-electron chi connectivity index (χ3n) is 9.38. The van der Waals surface area contributed by atoms with E-state index in [4.69, 9.17) is 28.4 Å². The van der Waals surface area contributed by atoms with Gasteiger partial charge in [0.15, 0.2) is 0 Å². The van der Waals surface area contributed by atoms with Crippen molar-refractivity contribution in [2.75, 3.05) is 38.8 Å². The quantitative estimate of drug-likeness (QED) is 0.0364. The summed E-state index contributed by atoms with van der Waals surface area (Å²) < 4.78 is 63.5. The number of hydrogen-bond acceptors (Lipinski definition) is 13. The number of aliphatic hydroxyl groups excluding tert-OH is 3. The fraction of sp³-hybridized carbons (Fsp3) is 0.489. The van der Waals surface area contributed by atoms with E-state index < -0.39 is 25.5 Å². The minimum atomic E-state index is -3.85. The van der Waals surface area contributed by atoms with E-state index in [0.29, 0.717) is 36.3 Å². The van der Waals surface area contributed by atoms with Crippen molar-refractivity contribution in [1.82, 2.24) is 0 Å². The van der Waals surface area contributed by atoms with Crippen molar-refractivity contribution in [3.05, 3.63) is 107 Å². The van der Waals surface area contributed by atoms with Gasteiger partial charge in [0.1, 0.15) is 11.5 Å². The molecule has 0 fully saturated rings. The molecule has 15 heteroatoms. The van der Waals surface area contributed by atoms with Crippen LogP contribution in [0, 0.1) is 19.8 Å². The molecular weight excluding hydrogens is 829 g/mol. The highest BCUT2D eigenvalue weighted by Gasteiger charge is 2.31. The first-order chi connectivity index (χ1) is 28.5. The van der Waals surface area contributed by atoms with Gasteiger partial charge in [-0.3, -0.25) is 8.37 Å². The van der Waals surface area contributed by atoms with Crippen LogP contribution in [0.4, 0.5) is 4.79 Å². The van der Waals surface area contributed by atoms with Crippen LogP contribution in [0.2, 0.25) is 0 Å². The van der Waals surface area contributed by atoms with Gasteiger partial charge in [-0.1, -0.05) is 79.0 Å². The Kier molecular flexibility index (Phi) is 24.0. The van der Waals surface area contributed by atoms with Gasteiger partial charge in [-0.05, 0) is 132 Å². The predicted molar refractivity (Wildman–Crippen MR) is 238 cm³/mol. The zero-order valence-electron chi connectivity index (χ0n) is 35.6. The molecule has 0 saturated carbocycles. The number of carbonyl (C=O) groups excluding carboxylic acids is 1. The molecule has 0 unspecified atom stereocenters. The maximum Gasteiger partial charge on any atom is 0.372 e. The van der Waals surface area contributed by atoms with Gasteiger partial charge < -0.3 is 25.2 Å². The van der Waals surface area contributed by atoms with Crippen molar-refractivity contribution in [2.24, 2.45) is 5.92 Å². The molecule has 1 aliphatic rings. The fourth-order valence-corrected chi connectivity index (χ4v) is 8.53. The second-order valence-electron chi connectivity index (χ2n) is 14.6. The number of aryl methyl sites for hydroxylation is 3. The summed E-state index contributed by atoms with van der Waals surface area (Å²) in [7, 11) is -7.51. The number of phenols is 1. The molecule has 0 spiro atoms. The molecule has 0 radical (unpaired) electrons. The Hall–Kier alpha value is -3.54. The van der Waals surface area contributed by atoms with Crippen LogP contribution in [0.15, 0.2) is 94.3 Å². The molecule has 60 heavy (non-hydrogen) atoms. The van der Waals surface area contributed by atoms with E-state index in [1.807, 2.05) is 26.8 Å². The number of benzene rings is 3. The monoisotopic (exact) mass is 892 g/mol. The molecule has 0 saturated heterocycles. The van der Waals surface area contributed by atoms with Crippen molar-refractivity contribution < 1.29 is 55.2 Å². The van der Waals surface area contributed by atoms with Crippen LogP contribution in [-0.2, 0) is 35.0 Å². The standard InChI is InChI=1S/C32H42O6S2.C10H14O4S.C3H8O2/c1-6-7-8-10-25-20-29(33)31(28-19-24(5)13-16-27(28)22(2)3)30(21-25)38-32(34)39-18-9-17-37-40(35,36)26-14-11-23(4)12-15-26;1-9-3-5-10(6-4-9)15(12,13)14-8-2-7-11;4-2-1-3-5/h11-12,14-15,19-21,27-28,33H,2,6-10,13,16-18H2,1,3-5H3;3-6,11H,2,7-8H2,1H3;4-5H,1-3H2/t27-,28+;;/m0../s1. The Morgan fingerprint density at radius 2 is 1.32 bits per heavy atom. The molecule has 12 nitrogen and oxygen atoms in total. The average Bonchev–Trinajstić information content (AvgIpc) is 3.19. The third-order valence-corrected chi connectivity index (χ3v) is 12.8. The normalized spacial score (nSPS) is 15.2. The van der Waals surface area contributed by atoms with E-state index in [1.54, 1.807) is 30.3 Å². The molecule has 2 atom stereocenters. The van der Waals surface area contributed by atoms with Crippen LogP contribution in [0.3, 0.4) is 0 Å². The topological polar surface area (TPSA) is 194 Å². The maximum absolute atomic E-state index is 12.9. The first-order valence-electron chi connectivity index (χ1n) is 20.3. The number of rotatable bonds is 20. The Morgan fingerprint density at radius 1 is 0.783 bits per heavy atom. The summed E-state index contributed by atoms with van der Waals surface area (Å²) in [5.74, 6) is 0.849. The largest absolute Gasteiger partial charge is 0.507 e. The zero-order chi connectivity index (χ0) is 44.7. The molecule has 0 bridgehead atoms. The Morgan fingerprint density at radius 3 is 1.80 bits per heavy atom. The summed E-state index contributed by atoms with van der Waals surface area (Å²) in [6, 6.07) is 16.6. The van der Waals surface area contributed by atoms with Crippen LogP contribution in [0.1, 0.15) is 100 Å². The number of unbranched alkanes of at least 4 members (excludes halogenated alkanes) is 2. The predicted octanol–water partition coefficient (Wildman–Crippen LogP) is 8.92. The molecular formula is C45H64O12S3. The lowest BCUT2D eigenvalue weighted by molar-refractivity contribution is 0.221. The lowest BCUT2D eigenvalue weighted by atomic mass is 9.73. The smallest absolute Gasteiger partial charge is 0.372 e. The van der Waals surface area contributed by atoms with Gasteiger partial charge in [-0.2, -0.15) is 16.8 Å². The van der Waals surface area contributed by atoms with Crippen LogP contribution in [-0.4, -0.2) is 81.4 Å². The van der Waals surface area contributed by atoms with E-state index in [0.717, 1.165) is 72.6 Å². The number of allylic oxidation sites excluding steroid dienone is 3. The molecule has 3 aromatic carbocycles. The van der Waals surface area contributed by atoms with Crippen molar-refractivity contribution >= 4 is 37.3 Å².